The SMILES string of the molecule is O=C(CN1CCN(CC(=O)N2CCCc3ccccc32)CC1)Nc1cccc(F)c1. The summed E-state index contributed by atoms with van der Waals surface area (Å²) >= 11 is 0. The third-order valence-corrected chi connectivity index (χ3v) is 5.71. The zero-order chi connectivity index (χ0) is 20.9. The minimum atomic E-state index is -0.373. The van der Waals surface area contributed by atoms with E-state index in [0.29, 0.717) is 12.2 Å². The van der Waals surface area contributed by atoms with Crippen molar-refractivity contribution in [1.82, 2.24) is 9.80 Å². The highest BCUT2D eigenvalue weighted by atomic mass is 19.1. The number of rotatable bonds is 5. The van der Waals surface area contributed by atoms with Crippen LogP contribution in [-0.2, 0) is 16.0 Å². The van der Waals surface area contributed by atoms with Crippen LogP contribution in [0, 0.1) is 5.82 Å². The number of benzene rings is 2. The molecule has 0 unspecified atom stereocenters. The zero-order valence-corrected chi connectivity index (χ0v) is 17.0. The minimum Gasteiger partial charge on any atom is -0.325 e. The molecule has 0 atom stereocenters. The highest BCUT2D eigenvalue weighted by molar-refractivity contribution is 5.96. The van der Waals surface area contributed by atoms with Crippen LogP contribution in [0.4, 0.5) is 15.8 Å². The quantitative estimate of drug-likeness (QED) is 0.822. The molecule has 158 valence electrons. The lowest BCUT2D eigenvalue weighted by atomic mass is 10.0. The first-order valence-corrected chi connectivity index (χ1v) is 10.5. The Labute approximate surface area is 176 Å². The Morgan fingerprint density at radius 1 is 0.900 bits per heavy atom. The third-order valence-electron chi connectivity index (χ3n) is 5.71. The molecular weight excluding hydrogens is 383 g/mol. The van der Waals surface area contributed by atoms with Crippen molar-refractivity contribution in [2.45, 2.75) is 12.8 Å². The van der Waals surface area contributed by atoms with Gasteiger partial charge in [-0.25, -0.2) is 4.39 Å². The number of hydrogen-bond donors (Lipinski definition) is 1. The molecule has 1 saturated heterocycles. The van der Waals surface area contributed by atoms with Crippen LogP contribution in [0.15, 0.2) is 48.5 Å². The van der Waals surface area contributed by atoms with Crippen LogP contribution in [0.25, 0.3) is 0 Å². The second-order valence-corrected chi connectivity index (χ2v) is 7.89. The van der Waals surface area contributed by atoms with Gasteiger partial charge in [-0.2, -0.15) is 0 Å². The van der Waals surface area contributed by atoms with Gasteiger partial charge in [0.2, 0.25) is 11.8 Å². The van der Waals surface area contributed by atoms with Crippen LogP contribution in [0.1, 0.15) is 12.0 Å². The summed E-state index contributed by atoms with van der Waals surface area (Å²) in [7, 11) is 0. The van der Waals surface area contributed by atoms with Gasteiger partial charge in [0.05, 0.1) is 13.1 Å². The number of aryl methyl sites for hydroxylation is 1. The number of anilines is 2. The average Bonchev–Trinajstić information content (AvgIpc) is 2.74. The monoisotopic (exact) mass is 410 g/mol. The largest absolute Gasteiger partial charge is 0.325 e. The van der Waals surface area contributed by atoms with E-state index in [1.165, 1.54) is 17.7 Å². The lowest BCUT2D eigenvalue weighted by Crippen LogP contribution is -2.52. The van der Waals surface area contributed by atoms with Gasteiger partial charge < -0.3 is 10.2 Å². The molecule has 1 fully saturated rings. The van der Waals surface area contributed by atoms with Crippen molar-refractivity contribution < 1.29 is 14.0 Å². The first kappa shape index (κ1) is 20.5. The number of amides is 2. The summed E-state index contributed by atoms with van der Waals surface area (Å²) in [5.74, 6) is -0.392. The predicted molar refractivity (Wildman–Crippen MR) is 115 cm³/mol. The summed E-state index contributed by atoms with van der Waals surface area (Å²) < 4.78 is 13.2. The first-order valence-electron chi connectivity index (χ1n) is 10.5. The van der Waals surface area contributed by atoms with Gasteiger partial charge in [-0.15, -0.1) is 0 Å². The molecule has 0 radical (unpaired) electrons. The third kappa shape index (κ3) is 5.04. The Kier molecular flexibility index (Phi) is 6.40. The maximum atomic E-state index is 13.2. The molecule has 6 nitrogen and oxygen atoms in total. The van der Waals surface area contributed by atoms with Crippen LogP contribution in [0.5, 0.6) is 0 Å². The van der Waals surface area contributed by atoms with E-state index in [4.69, 9.17) is 0 Å². The molecule has 0 bridgehead atoms. The van der Waals surface area contributed by atoms with Crippen molar-refractivity contribution in [3.8, 4) is 0 Å². The van der Waals surface area contributed by atoms with Gasteiger partial charge >= 0.3 is 0 Å². The number of para-hydroxylation sites is 1. The lowest BCUT2D eigenvalue weighted by molar-refractivity contribution is -0.121. The van der Waals surface area contributed by atoms with E-state index in [0.717, 1.165) is 51.3 Å². The molecule has 2 aromatic carbocycles. The number of hydrogen-bond acceptors (Lipinski definition) is 4. The maximum Gasteiger partial charge on any atom is 0.241 e. The summed E-state index contributed by atoms with van der Waals surface area (Å²) in [5, 5.41) is 2.73. The Bertz CT molecular complexity index is 912. The maximum absolute atomic E-state index is 13.2. The first-order chi connectivity index (χ1) is 14.6. The van der Waals surface area contributed by atoms with E-state index in [2.05, 4.69) is 21.2 Å². The van der Waals surface area contributed by atoms with Crippen molar-refractivity contribution in [2.75, 3.05) is 56.0 Å². The highest BCUT2D eigenvalue weighted by Crippen LogP contribution is 2.26. The zero-order valence-electron chi connectivity index (χ0n) is 17.0. The van der Waals surface area contributed by atoms with Crippen molar-refractivity contribution in [3.63, 3.8) is 0 Å². The molecule has 2 aliphatic rings. The average molecular weight is 410 g/mol. The molecule has 2 aromatic rings. The lowest BCUT2D eigenvalue weighted by Gasteiger charge is -2.36. The molecule has 0 aliphatic carbocycles. The molecule has 2 aliphatic heterocycles. The summed E-state index contributed by atoms with van der Waals surface area (Å²) in [5.41, 5.74) is 2.75. The second kappa shape index (κ2) is 9.36. The molecule has 0 spiro atoms. The second-order valence-electron chi connectivity index (χ2n) is 7.89. The van der Waals surface area contributed by atoms with E-state index >= 15 is 0 Å². The summed E-state index contributed by atoms with van der Waals surface area (Å²) in [6, 6.07) is 14.0. The van der Waals surface area contributed by atoms with Gasteiger partial charge in [-0.05, 0) is 42.7 Å². The van der Waals surface area contributed by atoms with Crippen molar-refractivity contribution in [2.24, 2.45) is 0 Å². The van der Waals surface area contributed by atoms with Gasteiger partial charge in [0, 0.05) is 44.1 Å². The molecule has 2 amide bonds. The fourth-order valence-electron chi connectivity index (χ4n) is 4.14. The number of carbonyl (C=O) groups excluding carboxylic acids is 2. The van der Waals surface area contributed by atoms with Crippen LogP contribution in [0.3, 0.4) is 0 Å². The molecule has 0 aromatic heterocycles. The summed E-state index contributed by atoms with van der Waals surface area (Å²) in [4.78, 5) is 31.2. The van der Waals surface area contributed by atoms with Crippen LogP contribution in [-0.4, -0.2) is 67.4 Å². The number of carbonyl (C=O) groups is 2. The molecular formula is C23H27FN4O2. The topological polar surface area (TPSA) is 55.9 Å². The van der Waals surface area contributed by atoms with Gasteiger partial charge in [0.15, 0.2) is 0 Å². The Balaban J connectivity index is 1.24. The van der Waals surface area contributed by atoms with E-state index in [9.17, 15) is 14.0 Å². The summed E-state index contributed by atoms with van der Waals surface area (Å²) in [6.07, 6.45) is 2.02. The highest BCUT2D eigenvalue weighted by Gasteiger charge is 2.26. The number of nitrogens with one attached hydrogen (secondary N) is 1. The summed E-state index contributed by atoms with van der Waals surface area (Å²) in [6.45, 7) is 4.37. The minimum absolute atomic E-state index is 0.138. The van der Waals surface area contributed by atoms with E-state index < -0.39 is 0 Å². The van der Waals surface area contributed by atoms with Crippen molar-refractivity contribution in [3.05, 3.63) is 59.9 Å². The Morgan fingerprint density at radius 3 is 2.40 bits per heavy atom. The normalized spacial score (nSPS) is 17.4. The van der Waals surface area contributed by atoms with Crippen molar-refractivity contribution in [1.29, 1.82) is 0 Å². The number of nitrogens with zero attached hydrogens (tertiary/aromatic N) is 3. The molecule has 1 N–H and O–H groups in total. The smallest absolute Gasteiger partial charge is 0.241 e. The molecule has 4 rings (SSSR count). The number of fused-ring (bicyclic) bond motifs is 1. The van der Waals surface area contributed by atoms with Crippen LogP contribution >= 0.6 is 0 Å². The predicted octanol–water partition coefficient (Wildman–Crippen LogP) is 2.36. The fraction of sp³-hybridized carbons (Fsp3) is 0.391. The van der Waals surface area contributed by atoms with Gasteiger partial charge in [0.1, 0.15) is 5.82 Å². The van der Waals surface area contributed by atoms with E-state index in [1.807, 2.05) is 23.1 Å². The number of piperazine rings is 1. The van der Waals surface area contributed by atoms with E-state index in [-0.39, 0.29) is 24.2 Å². The standard InChI is InChI=1S/C23H27FN4O2/c24-19-7-3-8-20(15-19)25-22(29)16-26-11-13-27(14-12-26)17-23(30)28-10-4-6-18-5-1-2-9-21(18)28/h1-3,5,7-9,15H,4,6,10-14,16-17H2,(H,25,29). The van der Waals surface area contributed by atoms with Gasteiger partial charge in [0.25, 0.3) is 0 Å². The molecule has 30 heavy (non-hydrogen) atoms. The Hall–Kier alpha value is -2.77. The van der Waals surface area contributed by atoms with E-state index in [1.54, 1.807) is 12.1 Å². The molecule has 7 heteroatoms. The number of halogens is 1. The van der Waals surface area contributed by atoms with Gasteiger partial charge in [-0.1, -0.05) is 24.3 Å². The van der Waals surface area contributed by atoms with Crippen molar-refractivity contribution >= 4 is 23.2 Å². The molecule has 2 heterocycles. The molecule has 0 saturated carbocycles. The van der Waals surface area contributed by atoms with Crippen LogP contribution < -0.4 is 10.2 Å². The Morgan fingerprint density at radius 2 is 1.63 bits per heavy atom. The van der Waals surface area contributed by atoms with Crippen LogP contribution in [0.2, 0.25) is 0 Å². The fourth-order valence-corrected chi connectivity index (χ4v) is 4.14. The van der Waals surface area contributed by atoms with Gasteiger partial charge in [-0.3, -0.25) is 19.4 Å².